The lowest BCUT2D eigenvalue weighted by molar-refractivity contribution is 0.0970. The zero-order valence-corrected chi connectivity index (χ0v) is 13.0. The van der Waals surface area contributed by atoms with Crippen LogP contribution >= 0.6 is 0 Å². The topological polar surface area (TPSA) is 56.5 Å². The van der Waals surface area contributed by atoms with Crippen molar-refractivity contribution in [3.05, 3.63) is 53.5 Å². The molecule has 1 aliphatic rings. The number of hydrogen-bond donors (Lipinski definition) is 0. The van der Waals surface area contributed by atoms with Crippen molar-refractivity contribution in [3.8, 4) is 11.1 Å². The molecule has 0 fully saturated rings. The zero-order chi connectivity index (χ0) is 15.8. The van der Waals surface area contributed by atoms with Gasteiger partial charge < -0.3 is 4.74 Å². The summed E-state index contributed by atoms with van der Waals surface area (Å²) in [6.45, 7) is 0.413. The van der Waals surface area contributed by atoms with Crippen molar-refractivity contribution in [2.45, 2.75) is 25.9 Å². The smallest absolute Gasteiger partial charge is 0.166 e. The molecule has 5 heteroatoms. The predicted octanol–water partition coefficient (Wildman–Crippen LogP) is 3.06. The minimum absolute atomic E-state index is 0.158. The summed E-state index contributed by atoms with van der Waals surface area (Å²) in [5.41, 5.74) is 5.34. The molecule has 0 saturated heterocycles. The minimum Gasteiger partial charge on any atom is -0.378 e. The first-order valence-corrected chi connectivity index (χ1v) is 7.76. The molecule has 2 aromatic heterocycles. The van der Waals surface area contributed by atoms with Crippen LogP contribution in [0.15, 0.2) is 36.5 Å². The molecule has 1 aromatic carbocycles. The predicted molar refractivity (Wildman–Crippen MR) is 86.4 cm³/mol. The Hall–Kier alpha value is -2.53. The van der Waals surface area contributed by atoms with Crippen LogP contribution in [0.5, 0.6) is 0 Å². The van der Waals surface area contributed by atoms with Crippen molar-refractivity contribution in [2.75, 3.05) is 7.11 Å². The van der Waals surface area contributed by atoms with Crippen LogP contribution in [0.4, 0.5) is 0 Å². The molecule has 0 bridgehead atoms. The van der Waals surface area contributed by atoms with Gasteiger partial charge in [0.1, 0.15) is 0 Å². The van der Waals surface area contributed by atoms with E-state index in [1.165, 1.54) is 0 Å². The Morgan fingerprint density at radius 2 is 2.04 bits per heavy atom. The third kappa shape index (κ3) is 2.24. The van der Waals surface area contributed by atoms with E-state index in [4.69, 9.17) is 9.84 Å². The lowest BCUT2D eigenvalue weighted by Gasteiger charge is -2.14. The molecule has 2 heterocycles. The summed E-state index contributed by atoms with van der Waals surface area (Å²) in [6, 6.07) is 10.1. The summed E-state index contributed by atoms with van der Waals surface area (Å²) in [4.78, 5) is 16.7. The highest BCUT2D eigenvalue weighted by atomic mass is 16.5. The van der Waals surface area contributed by atoms with Crippen molar-refractivity contribution >= 4 is 11.4 Å². The third-order valence-corrected chi connectivity index (χ3v) is 4.28. The Kier molecular flexibility index (Phi) is 3.42. The molecule has 116 valence electrons. The first-order chi connectivity index (χ1) is 11.3. The van der Waals surface area contributed by atoms with Gasteiger partial charge in [-0.2, -0.15) is 5.10 Å². The second kappa shape index (κ2) is 5.59. The number of aromatic nitrogens is 3. The first-order valence-electron chi connectivity index (χ1n) is 7.76. The highest BCUT2D eigenvalue weighted by Crippen LogP contribution is 2.30. The monoisotopic (exact) mass is 307 g/mol. The number of carbonyl (C=O) groups is 1. The van der Waals surface area contributed by atoms with Crippen LogP contribution in [0.25, 0.3) is 16.8 Å². The molecule has 0 atom stereocenters. The van der Waals surface area contributed by atoms with Gasteiger partial charge in [0.25, 0.3) is 0 Å². The molecule has 0 saturated carbocycles. The van der Waals surface area contributed by atoms with Crippen molar-refractivity contribution in [2.24, 2.45) is 0 Å². The number of rotatable bonds is 3. The standard InChI is InChI=1S/C18H17N3O2/c1-23-11-14-17(12-6-3-2-4-7-12)18-19-10-13-15(21(18)20-14)8-5-9-16(13)22/h2-4,6-7,10H,5,8-9,11H2,1H3. The Bertz CT molecular complexity index is 884. The molecule has 3 aromatic rings. The second-order valence-electron chi connectivity index (χ2n) is 5.75. The number of carbonyl (C=O) groups excluding carboxylic acids is 1. The van der Waals surface area contributed by atoms with Crippen molar-refractivity contribution in [1.82, 2.24) is 14.6 Å². The molecular formula is C18H17N3O2. The largest absolute Gasteiger partial charge is 0.378 e. The molecule has 0 aliphatic heterocycles. The van der Waals surface area contributed by atoms with Gasteiger partial charge in [-0.25, -0.2) is 9.50 Å². The molecule has 0 amide bonds. The molecule has 4 rings (SSSR count). The van der Waals surface area contributed by atoms with Gasteiger partial charge in [-0.05, 0) is 18.4 Å². The van der Waals surface area contributed by atoms with Gasteiger partial charge in [0.05, 0.1) is 29.1 Å². The van der Waals surface area contributed by atoms with Crippen LogP contribution in [-0.2, 0) is 17.8 Å². The maximum absolute atomic E-state index is 12.1. The summed E-state index contributed by atoms with van der Waals surface area (Å²) >= 11 is 0. The number of hydrogen-bond acceptors (Lipinski definition) is 4. The summed E-state index contributed by atoms with van der Waals surface area (Å²) in [5.74, 6) is 0.158. The zero-order valence-electron chi connectivity index (χ0n) is 13.0. The number of Topliss-reactive ketones (excluding diaryl/α,β-unsaturated/α-hetero) is 1. The average molecular weight is 307 g/mol. The fourth-order valence-corrected chi connectivity index (χ4v) is 3.24. The molecular weight excluding hydrogens is 290 g/mol. The van der Waals surface area contributed by atoms with Gasteiger partial charge in [0.2, 0.25) is 0 Å². The number of ether oxygens (including phenoxy) is 1. The minimum atomic E-state index is 0.158. The summed E-state index contributed by atoms with van der Waals surface area (Å²) in [5, 5.41) is 4.70. The quantitative estimate of drug-likeness (QED) is 0.746. The van der Waals surface area contributed by atoms with Crippen LogP contribution < -0.4 is 0 Å². The second-order valence-corrected chi connectivity index (χ2v) is 5.75. The highest BCUT2D eigenvalue weighted by Gasteiger charge is 2.24. The highest BCUT2D eigenvalue weighted by molar-refractivity contribution is 5.98. The summed E-state index contributed by atoms with van der Waals surface area (Å²) in [6.07, 6.45) is 4.02. The van der Waals surface area contributed by atoms with E-state index in [2.05, 4.69) is 4.98 Å². The van der Waals surface area contributed by atoms with Gasteiger partial charge in [0.15, 0.2) is 11.4 Å². The van der Waals surface area contributed by atoms with E-state index in [1.54, 1.807) is 13.3 Å². The molecule has 1 aliphatic carbocycles. The lowest BCUT2D eigenvalue weighted by atomic mass is 9.96. The van der Waals surface area contributed by atoms with Gasteiger partial charge in [-0.1, -0.05) is 30.3 Å². The number of ketones is 1. The molecule has 5 nitrogen and oxygen atoms in total. The van der Waals surface area contributed by atoms with Crippen molar-refractivity contribution in [1.29, 1.82) is 0 Å². The van der Waals surface area contributed by atoms with Crippen LogP contribution in [-0.4, -0.2) is 27.5 Å². The van der Waals surface area contributed by atoms with E-state index in [0.29, 0.717) is 18.6 Å². The summed E-state index contributed by atoms with van der Waals surface area (Å²) in [7, 11) is 1.66. The number of aryl methyl sites for hydroxylation is 1. The Morgan fingerprint density at radius 3 is 2.83 bits per heavy atom. The normalized spacial score (nSPS) is 14.2. The maximum atomic E-state index is 12.1. The van der Waals surface area contributed by atoms with Crippen LogP contribution in [0.1, 0.15) is 34.6 Å². The van der Waals surface area contributed by atoms with E-state index in [-0.39, 0.29) is 5.78 Å². The lowest BCUT2D eigenvalue weighted by Crippen LogP contribution is -2.16. The SMILES string of the molecule is COCc1nn2c3c(cnc2c1-c1ccccc1)C(=O)CCC3. The van der Waals surface area contributed by atoms with Crippen LogP contribution in [0.3, 0.4) is 0 Å². The Balaban J connectivity index is 2.01. The number of benzene rings is 1. The van der Waals surface area contributed by atoms with E-state index in [9.17, 15) is 4.79 Å². The molecule has 0 N–H and O–H groups in total. The first kappa shape index (κ1) is 14.1. The van der Waals surface area contributed by atoms with Gasteiger partial charge in [0, 0.05) is 19.7 Å². The number of fused-ring (bicyclic) bond motifs is 3. The molecule has 0 unspecified atom stereocenters. The fourth-order valence-electron chi connectivity index (χ4n) is 3.24. The van der Waals surface area contributed by atoms with Gasteiger partial charge in [-0.15, -0.1) is 0 Å². The maximum Gasteiger partial charge on any atom is 0.166 e. The van der Waals surface area contributed by atoms with Crippen LogP contribution in [0.2, 0.25) is 0 Å². The molecule has 0 radical (unpaired) electrons. The van der Waals surface area contributed by atoms with Crippen molar-refractivity contribution in [3.63, 3.8) is 0 Å². The number of nitrogens with zero attached hydrogens (tertiary/aromatic N) is 3. The van der Waals surface area contributed by atoms with Crippen LogP contribution in [0, 0.1) is 0 Å². The fraction of sp³-hybridized carbons (Fsp3) is 0.278. The Labute approximate surface area is 133 Å². The third-order valence-electron chi connectivity index (χ3n) is 4.28. The van der Waals surface area contributed by atoms with E-state index in [0.717, 1.165) is 41.0 Å². The van der Waals surface area contributed by atoms with E-state index < -0.39 is 0 Å². The number of methoxy groups -OCH3 is 1. The average Bonchev–Trinajstić information content (AvgIpc) is 2.95. The van der Waals surface area contributed by atoms with Gasteiger partial charge in [-0.3, -0.25) is 4.79 Å². The molecule has 23 heavy (non-hydrogen) atoms. The van der Waals surface area contributed by atoms with Gasteiger partial charge >= 0.3 is 0 Å². The van der Waals surface area contributed by atoms with E-state index >= 15 is 0 Å². The van der Waals surface area contributed by atoms with E-state index in [1.807, 2.05) is 34.8 Å². The summed E-state index contributed by atoms with van der Waals surface area (Å²) < 4.78 is 7.15. The molecule has 0 spiro atoms. The van der Waals surface area contributed by atoms with Crippen molar-refractivity contribution < 1.29 is 9.53 Å². The Morgan fingerprint density at radius 1 is 1.22 bits per heavy atom.